The molecular formula is C28H42ClN3O2. The summed E-state index contributed by atoms with van der Waals surface area (Å²) < 4.78 is 0. The number of nitrogens with one attached hydrogen (secondary N) is 1. The maximum Gasteiger partial charge on any atom is 0.318 e. The van der Waals surface area contributed by atoms with E-state index in [9.17, 15) is 9.59 Å². The van der Waals surface area contributed by atoms with Gasteiger partial charge in [0.1, 0.15) is 6.04 Å². The predicted molar refractivity (Wildman–Crippen MR) is 144 cm³/mol. The third kappa shape index (κ3) is 9.02. The Morgan fingerprint density at radius 1 is 1.21 bits per heavy atom. The van der Waals surface area contributed by atoms with Crippen LogP contribution in [0.1, 0.15) is 65.4 Å². The number of halogens is 1. The van der Waals surface area contributed by atoms with E-state index >= 15 is 0 Å². The van der Waals surface area contributed by atoms with Crippen LogP contribution in [0.5, 0.6) is 0 Å². The minimum Gasteiger partial charge on any atom is -0.340 e. The molecule has 5 nitrogen and oxygen atoms in total. The maximum atomic E-state index is 13.1. The van der Waals surface area contributed by atoms with Gasteiger partial charge in [-0.1, -0.05) is 82.7 Å². The molecule has 1 fully saturated rings. The molecule has 34 heavy (non-hydrogen) atoms. The molecule has 1 aromatic rings. The van der Waals surface area contributed by atoms with Crippen LogP contribution in [-0.4, -0.2) is 47.9 Å². The van der Waals surface area contributed by atoms with Gasteiger partial charge in [0, 0.05) is 31.7 Å². The highest BCUT2D eigenvalue weighted by molar-refractivity contribution is 6.30. The van der Waals surface area contributed by atoms with Gasteiger partial charge in [0.05, 0.1) is 0 Å². The van der Waals surface area contributed by atoms with Gasteiger partial charge in [-0.3, -0.25) is 4.79 Å². The zero-order chi connectivity index (χ0) is 25.5. The van der Waals surface area contributed by atoms with E-state index in [4.69, 9.17) is 11.6 Å². The molecule has 1 heterocycles. The van der Waals surface area contributed by atoms with Crippen LogP contribution < -0.4 is 5.32 Å². The Balaban J connectivity index is 0.00000281. The first-order valence-electron chi connectivity index (χ1n) is 12.5. The van der Waals surface area contributed by atoms with Crippen LogP contribution in [0.15, 0.2) is 60.2 Å². The lowest BCUT2D eigenvalue weighted by Crippen LogP contribution is -2.50. The van der Waals surface area contributed by atoms with Crippen LogP contribution in [0.25, 0.3) is 0 Å². The van der Waals surface area contributed by atoms with Crippen LogP contribution in [0.4, 0.5) is 4.79 Å². The number of amides is 3. The van der Waals surface area contributed by atoms with Gasteiger partial charge >= 0.3 is 6.03 Å². The molecule has 0 spiro atoms. The summed E-state index contributed by atoms with van der Waals surface area (Å²) in [6, 6.07) is 6.84. The van der Waals surface area contributed by atoms with Crippen molar-refractivity contribution in [1.82, 2.24) is 15.1 Å². The highest BCUT2D eigenvalue weighted by Crippen LogP contribution is 2.21. The lowest BCUT2D eigenvalue weighted by molar-refractivity contribution is -0.134. The molecule has 0 bridgehead atoms. The quantitative estimate of drug-likeness (QED) is 0.371. The second kappa shape index (κ2) is 16.2. The fourth-order valence-electron chi connectivity index (χ4n) is 3.94. The summed E-state index contributed by atoms with van der Waals surface area (Å²) in [7, 11) is 1.78. The Labute approximate surface area is 211 Å². The Hall–Kier alpha value is -2.53. The van der Waals surface area contributed by atoms with Gasteiger partial charge in [0.2, 0.25) is 5.91 Å². The maximum absolute atomic E-state index is 13.1. The van der Waals surface area contributed by atoms with Crippen molar-refractivity contribution >= 4 is 23.5 Å². The third-order valence-electron chi connectivity index (χ3n) is 5.67. The number of nitrogens with zero attached hydrogens (tertiary/aromatic N) is 2. The van der Waals surface area contributed by atoms with E-state index in [1.54, 1.807) is 16.8 Å². The molecule has 0 saturated carbocycles. The van der Waals surface area contributed by atoms with E-state index in [2.05, 4.69) is 37.9 Å². The number of urea groups is 1. The van der Waals surface area contributed by atoms with E-state index in [0.29, 0.717) is 31.1 Å². The highest BCUT2D eigenvalue weighted by Gasteiger charge is 2.35. The van der Waals surface area contributed by atoms with Gasteiger partial charge in [-0.25, -0.2) is 4.79 Å². The van der Waals surface area contributed by atoms with Gasteiger partial charge in [-0.2, -0.15) is 0 Å². The highest BCUT2D eigenvalue weighted by atomic mass is 35.5. The van der Waals surface area contributed by atoms with E-state index in [1.807, 2.05) is 44.2 Å². The first-order valence-corrected chi connectivity index (χ1v) is 12.8. The van der Waals surface area contributed by atoms with E-state index < -0.39 is 6.04 Å². The van der Waals surface area contributed by atoms with Gasteiger partial charge in [0.15, 0.2) is 0 Å². The number of allylic oxidation sites excluding steroid dienone is 3. The number of hydrogen-bond acceptors (Lipinski definition) is 2. The van der Waals surface area contributed by atoms with Gasteiger partial charge in [-0.05, 0) is 54.5 Å². The van der Waals surface area contributed by atoms with E-state index in [-0.39, 0.29) is 11.9 Å². The molecule has 6 heteroatoms. The zero-order valence-corrected chi connectivity index (χ0v) is 22.3. The summed E-state index contributed by atoms with van der Waals surface area (Å²) in [4.78, 5) is 29.4. The van der Waals surface area contributed by atoms with Crippen LogP contribution in [0, 0.1) is 0 Å². The number of rotatable bonds is 10. The number of likely N-dealkylation sites (N-methyl/N-ethyl adjacent to an activating group) is 1. The first-order chi connectivity index (χ1) is 16.4. The standard InChI is InChI=1S/C26H36ClN3O2.C2H6/c1-5-8-11-22(21(7-3)10-6-2)18-28-26(32)30-17-9-12-24(30)25(31)29(4)19-20-13-15-23(27)16-14-20;1-2/h7-8,11,13-16,24H,3,5-6,9-10,12,17-19H2,1-2,4H3,(H,28,32);1-2H3/b11-8-,22-21-;/t24-;/m1./s1. The summed E-state index contributed by atoms with van der Waals surface area (Å²) in [6.07, 6.45) is 10.4. The summed E-state index contributed by atoms with van der Waals surface area (Å²) in [6.45, 7) is 13.6. The monoisotopic (exact) mass is 487 g/mol. The molecule has 0 unspecified atom stereocenters. The van der Waals surface area contributed by atoms with Crippen molar-refractivity contribution in [3.8, 4) is 0 Å². The van der Waals surface area contributed by atoms with Crippen molar-refractivity contribution in [2.45, 2.75) is 72.4 Å². The molecule has 3 amide bonds. The Kier molecular flexibility index (Phi) is 14.0. The van der Waals surface area contributed by atoms with E-state index in [0.717, 1.165) is 42.4 Å². The molecule has 1 aliphatic heterocycles. The molecule has 1 atom stereocenters. The molecule has 0 radical (unpaired) electrons. The minimum absolute atomic E-state index is 0.0352. The number of hydrogen-bond donors (Lipinski definition) is 1. The molecule has 0 aromatic heterocycles. The van der Waals surface area contributed by atoms with Crippen molar-refractivity contribution in [1.29, 1.82) is 0 Å². The Bertz CT molecular complexity index is 846. The largest absolute Gasteiger partial charge is 0.340 e. The summed E-state index contributed by atoms with van der Waals surface area (Å²) >= 11 is 5.95. The molecule has 1 saturated heterocycles. The lowest BCUT2D eigenvalue weighted by Gasteiger charge is -2.28. The average molecular weight is 488 g/mol. The minimum atomic E-state index is -0.430. The molecule has 1 aromatic carbocycles. The Morgan fingerprint density at radius 3 is 2.47 bits per heavy atom. The van der Waals surface area contributed by atoms with Crippen molar-refractivity contribution in [2.75, 3.05) is 20.1 Å². The molecule has 2 rings (SSSR count). The SMILES string of the molecule is C=C/C(CCC)=C(\C=C/CC)CNC(=O)N1CCC[C@@H]1C(=O)N(C)Cc1ccc(Cl)cc1.CC. The first kappa shape index (κ1) is 29.5. The molecular weight excluding hydrogens is 446 g/mol. The van der Waals surface area contributed by atoms with Crippen molar-refractivity contribution in [3.63, 3.8) is 0 Å². The Morgan fingerprint density at radius 2 is 1.88 bits per heavy atom. The number of carbonyl (C=O) groups is 2. The van der Waals surface area contributed by atoms with Crippen LogP contribution in [-0.2, 0) is 11.3 Å². The topological polar surface area (TPSA) is 52.7 Å². The molecule has 1 N–H and O–H groups in total. The zero-order valence-electron chi connectivity index (χ0n) is 21.6. The second-order valence-corrected chi connectivity index (χ2v) is 8.58. The van der Waals surface area contributed by atoms with Gasteiger partial charge < -0.3 is 15.1 Å². The smallest absolute Gasteiger partial charge is 0.318 e. The van der Waals surface area contributed by atoms with Crippen molar-refractivity contribution < 1.29 is 9.59 Å². The van der Waals surface area contributed by atoms with Crippen molar-refractivity contribution in [2.24, 2.45) is 0 Å². The van der Waals surface area contributed by atoms with Gasteiger partial charge in [-0.15, -0.1) is 0 Å². The number of likely N-dealkylation sites (tertiary alicyclic amines) is 1. The third-order valence-corrected chi connectivity index (χ3v) is 5.92. The average Bonchev–Trinajstić information content (AvgIpc) is 3.35. The van der Waals surface area contributed by atoms with Crippen LogP contribution in [0.2, 0.25) is 5.02 Å². The fraction of sp³-hybridized carbons (Fsp3) is 0.500. The summed E-state index contributed by atoms with van der Waals surface area (Å²) in [5.41, 5.74) is 3.22. The normalized spacial score (nSPS) is 15.9. The number of carbonyl (C=O) groups excluding carboxylic acids is 2. The second-order valence-electron chi connectivity index (χ2n) is 8.15. The van der Waals surface area contributed by atoms with Gasteiger partial charge in [0.25, 0.3) is 0 Å². The molecule has 188 valence electrons. The fourth-order valence-corrected chi connectivity index (χ4v) is 4.06. The van der Waals surface area contributed by atoms with Crippen molar-refractivity contribution in [3.05, 3.63) is 70.8 Å². The predicted octanol–water partition coefficient (Wildman–Crippen LogP) is 6.75. The molecule has 0 aliphatic carbocycles. The molecule has 1 aliphatic rings. The van der Waals surface area contributed by atoms with Crippen LogP contribution in [0.3, 0.4) is 0 Å². The summed E-state index contributed by atoms with van der Waals surface area (Å²) in [5.74, 6) is -0.0352. The number of benzene rings is 1. The van der Waals surface area contributed by atoms with E-state index in [1.165, 1.54) is 0 Å². The lowest BCUT2D eigenvalue weighted by atomic mass is 10.0. The van der Waals surface area contributed by atoms with Crippen LogP contribution >= 0.6 is 11.6 Å². The summed E-state index contributed by atoms with van der Waals surface area (Å²) in [5, 5.41) is 3.70.